The Morgan fingerprint density at radius 1 is 0.944 bits per heavy atom. The van der Waals surface area contributed by atoms with E-state index in [0.29, 0.717) is 13.1 Å². The first-order valence-electron chi connectivity index (χ1n) is 6.91. The number of carbonyl (C=O) groups is 1. The second-order valence-corrected chi connectivity index (χ2v) is 4.44. The lowest BCUT2D eigenvalue weighted by atomic mass is 10.2. The number of unbranched alkanes of at least 4 members (excludes halogenated alkanes) is 1. The molecule has 0 aliphatic heterocycles. The van der Waals surface area contributed by atoms with Gasteiger partial charge in [0, 0.05) is 13.1 Å². The summed E-state index contributed by atoms with van der Waals surface area (Å²) in [6.07, 6.45) is 2.32. The molecule has 0 unspecified atom stereocenters. The van der Waals surface area contributed by atoms with E-state index in [0.717, 1.165) is 39.0 Å². The highest BCUT2D eigenvalue weighted by molar-refractivity contribution is 5.66. The molecule has 2 N–H and O–H groups in total. The number of hydrogen-bond donors (Lipinski definition) is 2. The summed E-state index contributed by atoms with van der Waals surface area (Å²) >= 11 is 0. The molecule has 0 bridgehead atoms. The second-order valence-electron chi connectivity index (χ2n) is 4.44. The lowest BCUT2D eigenvalue weighted by Crippen LogP contribution is -2.31. The summed E-state index contributed by atoms with van der Waals surface area (Å²) in [6, 6.07) is 0. The molecule has 0 spiro atoms. The van der Waals surface area contributed by atoms with E-state index in [1.54, 1.807) is 0 Å². The van der Waals surface area contributed by atoms with Crippen molar-refractivity contribution in [1.82, 2.24) is 9.80 Å². The average Bonchev–Trinajstić information content (AvgIpc) is 2.35. The Morgan fingerprint density at radius 2 is 1.50 bits per heavy atom. The first kappa shape index (κ1) is 17.4. The molecule has 0 saturated heterocycles. The molecule has 0 aromatic carbocycles. The van der Waals surface area contributed by atoms with Crippen LogP contribution in [0.1, 0.15) is 33.1 Å². The van der Waals surface area contributed by atoms with Gasteiger partial charge in [0.25, 0.3) is 0 Å². The lowest BCUT2D eigenvalue weighted by molar-refractivity contribution is -0.137. The Kier molecular flexibility index (Phi) is 11.0. The van der Waals surface area contributed by atoms with Gasteiger partial charge in [-0.05, 0) is 39.0 Å². The minimum Gasteiger partial charge on any atom is -0.481 e. The van der Waals surface area contributed by atoms with Gasteiger partial charge in [-0.3, -0.25) is 4.79 Å². The zero-order valence-corrected chi connectivity index (χ0v) is 11.8. The Labute approximate surface area is 110 Å². The summed E-state index contributed by atoms with van der Waals surface area (Å²) in [7, 11) is 0. The largest absolute Gasteiger partial charge is 0.481 e. The Morgan fingerprint density at radius 3 is 1.94 bits per heavy atom. The van der Waals surface area contributed by atoms with E-state index in [-0.39, 0.29) is 13.0 Å². The molecule has 5 heteroatoms. The van der Waals surface area contributed by atoms with Crippen molar-refractivity contribution in [3.63, 3.8) is 0 Å². The van der Waals surface area contributed by atoms with Crippen molar-refractivity contribution < 1.29 is 15.0 Å². The van der Waals surface area contributed by atoms with Gasteiger partial charge in [0.15, 0.2) is 0 Å². The van der Waals surface area contributed by atoms with E-state index >= 15 is 0 Å². The summed E-state index contributed by atoms with van der Waals surface area (Å²) in [5.74, 6) is -0.777. The predicted octanol–water partition coefficient (Wildman–Crippen LogP) is 0.877. The number of rotatable bonds is 12. The van der Waals surface area contributed by atoms with E-state index in [2.05, 4.69) is 18.7 Å². The van der Waals surface area contributed by atoms with Gasteiger partial charge in [0.05, 0.1) is 13.0 Å². The summed E-state index contributed by atoms with van der Waals surface area (Å²) in [5.41, 5.74) is 0. The summed E-state index contributed by atoms with van der Waals surface area (Å²) in [6.45, 7) is 9.64. The third-order valence-corrected chi connectivity index (χ3v) is 3.15. The van der Waals surface area contributed by atoms with Gasteiger partial charge in [-0.2, -0.15) is 0 Å². The highest BCUT2D eigenvalue weighted by Gasteiger charge is 2.07. The molecule has 0 aliphatic rings. The van der Waals surface area contributed by atoms with E-state index in [4.69, 9.17) is 10.2 Å². The van der Waals surface area contributed by atoms with E-state index in [1.165, 1.54) is 0 Å². The van der Waals surface area contributed by atoms with Gasteiger partial charge in [-0.15, -0.1) is 0 Å². The second kappa shape index (κ2) is 11.4. The summed E-state index contributed by atoms with van der Waals surface area (Å²) < 4.78 is 0. The van der Waals surface area contributed by atoms with Crippen LogP contribution in [0.2, 0.25) is 0 Å². The highest BCUT2D eigenvalue weighted by Crippen LogP contribution is 1.99. The number of nitrogens with zero attached hydrogens (tertiary/aromatic N) is 2. The smallest absolute Gasteiger partial charge is 0.304 e. The molecular formula is C13H28N2O3. The fraction of sp³-hybridized carbons (Fsp3) is 0.923. The quantitative estimate of drug-likeness (QED) is 0.510. The monoisotopic (exact) mass is 260 g/mol. The van der Waals surface area contributed by atoms with Crippen LogP contribution in [0.25, 0.3) is 0 Å². The fourth-order valence-electron chi connectivity index (χ4n) is 1.94. The van der Waals surface area contributed by atoms with Crippen LogP contribution in [0.3, 0.4) is 0 Å². The highest BCUT2D eigenvalue weighted by atomic mass is 16.4. The van der Waals surface area contributed by atoms with Crippen molar-refractivity contribution in [3.8, 4) is 0 Å². The molecule has 18 heavy (non-hydrogen) atoms. The van der Waals surface area contributed by atoms with Crippen LogP contribution in [0, 0.1) is 0 Å². The number of aliphatic hydroxyl groups is 1. The Balaban J connectivity index is 3.71. The van der Waals surface area contributed by atoms with Gasteiger partial charge in [-0.25, -0.2) is 0 Å². The van der Waals surface area contributed by atoms with Crippen LogP contribution in [-0.2, 0) is 4.79 Å². The van der Waals surface area contributed by atoms with E-state index < -0.39 is 5.97 Å². The van der Waals surface area contributed by atoms with E-state index in [9.17, 15) is 4.79 Å². The number of hydrogen-bond acceptors (Lipinski definition) is 4. The summed E-state index contributed by atoms with van der Waals surface area (Å²) in [4.78, 5) is 14.9. The van der Waals surface area contributed by atoms with Crippen molar-refractivity contribution >= 4 is 5.97 Å². The molecule has 0 aromatic heterocycles. The molecule has 108 valence electrons. The Bertz CT molecular complexity index is 208. The van der Waals surface area contributed by atoms with Crippen molar-refractivity contribution in [2.75, 3.05) is 45.9 Å². The van der Waals surface area contributed by atoms with Crippen LogP contribution >= 0.6 is 0 Å². The third kappa shape index (κ3) is 9.39. The minimum absolute atomic E-state index is 0.0929. The molecule has 0 rings (SSSR count). The lowest BCUT2D eigenvalue weighted by Gasteiger charge is -2.22. The first-order valence-corrected chi connectivity index (χ1v) is 6.91. The molecule has 0 atom stereocenters. The molecule has 0 radical (unpaired) electrons. The van der Waals surface area contributed by atoms with Gasteiger partial charge < -0.3 is 20.0 Å². The molecule has 0 heterocycles. The van der Waals surface area contributed by atoms with E-state index in [1.807, 2.05) is 4.90 Å². The molecule has 5 nitrogen and oxygen atoms in total. The van der Waals surface area contributed by atoms with Crippen molar-refractivity contribution in [2.24, 2.45) is 0 Å². The van der Waals surface area contributed by atoms with Crippen molar-refractivity contribution in [2.45, 2.75) is 33.1 Å². The van der Waals surface area contributed by atoms with Crippen LogP contribution in [-0.4, -0.2) is 71.9 Å². The maximum absolute atomic E-state index is 10.5. The molecule has 0 amide bonds. The molecule has 0 fully saturated rings. The van der Waals surface area contributed by atoms with Gasteiger partial charge in [0.1, 0.15) is 0 Å². The first-order chi connectivity index (χ1) is 8.63. The maximum Gasteiger partial charge on any atom is 0.304 e. The zero-order valence-electron chi connectivity index (χ0n) is 11.8. The van der Waals surface area contributed by atoms with Gasteiger partial charge >= 0.3 is 5.97 Å². The van der Waals surface area contributed by atoms with Gasteiger partial charge in [0.2, 0.25) is 0 Å². The van der Waals surface area contributed by atoms with Gasteiger partial charge in [-0.1, -0.05) is 13.8 Å². The topological polar surface area (TPSA) is 64.0 Å². The molecule has 0 aliphatic carbocycles. The van der Waals surface area contributed by atoms with Crippen molar-refractivity contribution in [3.05, 3.63) is 0 Å². The third-order valence-electron chi connectivity index (χ3n) is 3.15. The molecular weight excluding hydrogens is 232 g/mol. The van der Waals surface area contributed by atoms with Crippen LogP contribution < -0.4 is 0 Å². The number of aliphatic carboxylic acids is 1. The fourth-order valence-corrected chi connectivity index (χ4v) is 1.94. The SMILES string of the molecule is CCN(CC)CCCCN(CCO)CCC(=O)O. The van der Waals surface area contributed by atoms with Crippen LogP contribution in [0.5, 0.6) is 0 Å². The number of carboxylic acids is 1. The standard InChI is InChI=1S/C13H28N2O3/c1-3-14(4-2)8-5-6-9-15(11-12-16)10-7-13(17)18/h16H,3-12H2,1-2H3,(H,17,18). The van der Waals surface area contributed by atoms with Crippen LogP contribution in [0.4, 0.5) is 0 Å². The van der Waals surface area contributed by atoms with Crippen molar-refractivity contribution in [1.29, 1.82) is 0 Å². The van der Waals surface area contributed by atoms with Crippen LogP contribution in [0.15, 0.2) is 0 Å². The minimum atomic E-state index is -0.777. The Hall–Kier alpha value is -0.650. The molecule has 0 saturated carbocycles. The average molecular weight is 260 g/mol. The zero-order chi connectivity index (χ0) is 13.8. The maximum atomic E-state index is 10.5. The number of carboxylic acid groups (broad SMARTS) is 1. The predicted molar refractivity (Wildman–Crippen MR) is 72.8 cm³/mol. The number of aliphatic hydroxyl groups excluding tert-OH is 1. The molecule has 0 aromatic rings. The summed E-state index contributed by atoms with van der Waals surface area (Å²) in [5, 5.41) is 17.6. The normalized spacial score (nSPS) is 11.4.